The van der Waals surface area contributed by atoms with Crippen molar-refractivity contribution in [1.82, 2.24) is 0 Å². The largest absolute Gasteiger partial charge is 0.490 e. The van der Waals surface area contributed by atoms with Crippen molar-refractivity contribution in [1.29, 1.82) is 0 Å². The van der Waals surface area contributed by atoms with Crippen molar-refractivity contribution in [3.05, 3.63) is 52.3 Å². The summed E-state index contributed by atoms with van der Waals surface area (Å²) in [6.07, 6.45) is 1.84. The minimum Gasteiger partial charge on any atom is -0.490 e. The first-order valence-electron chi connectivity index (χ1n) is 9.89. The Balaban J connectivity index is 1.76. The van der Waals surface area contributed by atoms with E-state index in [1.54, 1.807) is 12.1 Å². The second-order valence-electron chi connectivity index (χ2n) is 7.15. The normalized spacial score (nSPS) is 23.4. The fraction of sp³-hybridized carbons (Fsp3) is 0.455. The molecule has 2 aliphatic rings. The predicted octanol–water partition coefficient (Wildman–Crippen LogP) is 5.91. The van der Waals surface area contributed by atoms with Crippen LogP contribution < -0.4 is 14.8 Å². The van der Waals surface area contributed by atoms with Gasteiger partial charge in [-0.3, -0.25) is 0 Å². The fourth-order valence-electron chi connectivity index (χ4n) is 4.29. The van der Waals surface area contributed by atoms with Gasteiger partial charge < -0.3 is 19.5 Å². The summed E-state index contributed by atoms with van der Waals surface area (Å²) in [4.78, 5) is 0. The molecule has 3 unspecified atom stereocenters. The van der Waals surface area contributed by atoms with E-state index in [0.717, 1.165) is 29.7 Å². The summed E-state index contributed by atoms with van der Waals surface area (Å²) in [7, 11) is 0. The highest BCUT2D eigenvalue weighted by molar-refractivity contribution is 6.32. The topological polar surface area (TPSA) is 39.7 Å². The Morgan fingerprint density at radius 2 is 2.00 bits per heavy atom. The van der Waals surface area contributed by atoms with E-state index in [-0.39, 0.29) is 23.9 Å². The molecule has 4 rings (SSSR count). The minimum absolute atomic E-state index is 0.00403. The highest BCUT2D eigenvalue weighted by Gasteiger charge is 2.40. The highest BCUT2D eigenvalue weighted by atomic mass is 35.5. The smallest absolute Gasteiger partial charge is 0.179 e. The molecule has 1 N–H and O–H groups in total. The highest BCUT2D eigenvalue weighted by Crippen LogP contribution is 2.50. The van der Waals surface area contributed by atoms with Crippen LogP contribution in [0.2, 0.25) is 5.02 Å². The third kappa shape index (κ3) is 3.53. The standard InChI is InChI=1S/C22H25ClFNO3/c1-3-26-19-11-13(10-17(23)22(19)27-4-2)20-15-6-5-9-28-21(15)16-12-14(24)7-8-18(16)25-20/h7-8,10-12,15,20-21,25H,3-6,9H2,1-2H3. The summed E-state index contributed by atoms with van der Waals surface area (Å²) in [6.45, 7) is 5.58. The Morgan fingerprint density at radius 3 is 2.79 bits per heavy atom. The van der Waals surface area contributed by atoms with Crippen molar-refractivity contribution in [3.8, 4) is 11.5 Å². The summed E-state index contributed by atoms with van der Waals surface area (Å²) < 4.78 is 31.4. The minimum atomic E-state index is -0.241. The van der Waals surface area contributed by atoms with Crippen molar-refractivity contribution >= 4 is 17.3 Å². The zero-order chi connectivity index (χ0) is 19.7. The van der Waals surface area contributed by atoms with Gasteiger partial charge in [-0.15, -0.1) is 0 Å². The number of rotatable bonds is 5. The number of benzene rings is 2. The molecule has 4 nitrogen and oxygen atoms in total. The lowest BCUT2D eigenvalue weighted by Gasteiger charge is -2.43. The van der Waals surface area contributed by atoms with E-state index in [1.807, 2.05) is 26.0 Å². The van der Waals surface area contributed by atoms with Crippen LogP contribution in [0.25, 0.3) is 0 Å². The van der Waals surface area contributed by atoms with E-state index in [0.29, 0.717) is 36.3 Å². The molecule has 2 aromatic carbocycles. The zero-order valence-corrected chi connectivity index (χ0v) is 16.9. The zero-order valence-electron chi connectivity index (χ0n) is 16.1. The summed E-state index contributed by atoms with van der Waals surface area (Å²) in [5.74, 6) is 1.16. The van der Waals surface area contributed by atoms with Gasteiger partial charge in [0, 0.05) is 23.8 Å². The van der Waals surface area contributed by atoms with Crippen molar-refractivity contribution in [2.75, 3.05) is 25.1 Å². The van der Waals surface area contributed by atoms with Crippen molar-refractivity contribution in [2.24, 2.45) is 5.92 Å². The Kier molecular flexibility index (Phi) is 5.65. The van der Waals surface area contributed by atoms with E-state index in [9.17, 15) is 4.39 Å². The molecule has 0 aliphatic carbocycles. The summed E-state index contributed by atoms with van der Waals surface area (Å²) in [5.41, 5.74) is 2.81. The maximum absolute atomic E-state index is 13.8. The fourth-order valence-corrected chi connectivity index (χ4v) is 4.56. The molecule has 0 bridgehead atoms. The first-order chi connectivity index (χ1) is 13.6. The van der Waals surface area contributed by atoms with Crippen LogP contribution in [0.1, 0.15) is 50.0 Å². The molecule has 2 aliphatic heterocycles. The molecule has 1 saturated heterocycles. The first-order valence-corrected chi connectivity index (χ1v) is 10.3. The molecular weight excluding hydrogens is 381 g/mol. The number of hydrogen-bond donors (Lipinski definition) is 1. The summed E-state index contributed by atoms with van der Waals surface area (Å²) >= 11 is 6.55. The second kappa shape index (κ2) is 8.18. The average molecular weight is 406 g/mol. The van der Waals surface area contributed by atoms with Gasteiger partial charge in [0.1, 0.15) is 5.82 Å². The Bertz CT molecular complexity index is 860. The van der Waals surface area contributed by atoms with Crippen LogP contribution in [0.3, 0.4) is 0 Å². The molecule has 0 spiro atoms. The first kappa shape index (κ1) is 19.3. The Labute approximate surface area is 169 Å². The third-order valence-corrected chi connectivity index (χ3v) is 5.69. The Hall–Kier alpha value is -1.98. The van der Waals surface area contributed by atoms with Crippen LogP contribution >= 0.6 is 11.6 Å². The molecule has 3 atom stereocenters. The molecule has 0 radical (unpaired) electrons. The van der Waals surface area contributed by atoms with Gasteiger partial charge in [-0.05, 0) is 62.6 Å². The van der Waals surface area contributed by atoms with Crippen LogP contribution in [0.4, 0.5) is 10.1 Å². The second-order valence-corrected chi connectivity index (χ2v) is 7.55. The van der Waals surface area contributed by atoms with Crippen LogP contribution in [0, 0.1) is 11.7 Å². The maximum atomic E-state index is 13.8. The van der Waals surface area contributed by atoms with Crippen LogP contribution in [-0.4, -0.2) is 19.8 Å². The van der Waals surface area contributed by atoms with E-state index >= 15 is 0 Å². The van der Waals surface area contributed by atoms with Gasteiger partial charge in [0.05, 0.1) is 30.4 Å². The number of fused-ring (bicyclic) bond motifs is 3. The molecule has 150 valence electrons. The van der Waals surface area contributed by atoms with Crippen molar-refractivity contribution in [2.45, 2.75) is 38.8 Å². The van der Waals surface area contributed by atoms with Gasteiger partial charge in [0.2, 0.25) is 0 Å². The lowest BCUT2D eigenvalue weighted by atomic mass is 9.77. The van der Waals surface area contributed by atoms with Crippen molar-refractivity contribution in [3.63, 3.8) is 0 Å². The number of halogens is 2. The average Bonchev–Trinajstić information content (AvgIpc) is 2.70. The van der Waals surface area contributed by atoms with Crippen molar-refractivity contribution < 1.29 is 18.6 Å². The monoisotopic (exact) mass is 405 g/mol. The van der Waals surface area contributed by atoms with E-state index in [2.05, 4.69) is 5.32 Å². The van der Waals surface area contributed by atoms with Crippen LogP contribution in [0.15, 0.2) is 30.3 Å². The summed E-state index contributed by atoms with van der Waals surface area (Å²) in [6, 6.07) is 8.77. The summed E-state index contributed by atoms with van der Waals surface area (Å²) in [5, 5.41) is 4.12. The molecule has 28 heavy (non-hydrogen) atoms. The van der Waals surface area contributed by atoms with Crippen LogP contribution in [-0.2, 0) is 4.74 Å². The lowest BCUT2D eigenvalue weighted by molar-refractivity contribution is -0.0383. The molecule has 6 heteroatoms. The van der Waals surface area contributed by atoms with E-state index in [1.165, 1.54) is 6.07 Å². The molecular formula is C22H25ClFNO3. The number of nitrogens with one attached hydrogen (secondary N) is 1. The molecule has 0 saturated carbocycles. The van der Waals surface area contributed by atoms with Gasteiger partial charge in [0.15, 0.2) is 11.5 Å². The van der Waals surface area contributed by atoms with Gasteiger partial charge in [-0.2, -0.15) is 0 Å². The molecule has 2 heterocycles. The lowest BCUT2D eigenvalue weighted by Crippen LogP contribution is -2.36. The Morgan fingerprint density at radius 1 is 1.18 bits per heavy atom. The maximum Gasteiger partial charge on any atom is 0.179 e. The van der Waals surface area contributed by atoms with E-state index in [4.69, 9.17) is 25.8 Å². The van der Waals surface area contributed by atoms with Gasteiger partial charge in [-0.1, -0.05) is 11.6 Å². The van der Waals surface area contributed by atoms with E-state index < -0.39 is 0 Å². The number of ether oxygens (including phenoxy) is 3. The van der Waals surface area contributed by atoms with Crippen LogP contribution in [0.5, 0.6) is 11.5 Å². The van der Waals surface area contributed by atoms with Gasteiger partial charge in [-0.25, -0.2) is 4.39 Å². The number of anilines is 1. The molecule has 0 amide bonds. The third-order valence-electron chi connectivity index (χ3n) is 5.41. The molecule has 0 aromatic heterocycles. The molecule has 1 fully saturated rings. The number of hydrogen-bond acceptors (Lipinski definition) is 4. The van der Waals surface area contributed by atoms with Gasteiger partial charge >= 0.3 is 0 Å². The SMILES string of the molecule is CCOc1cc(C2Nc3ccc(F)cc3C3OCCCC23)cc(Cl)c1OCC. The van der Waals surface area contributed by atoms with Gasteiger partial charge in [0.25, 0.3) is 0 Å². The predicted molar refractivity (Wildman–Crippen MR) is 108 cm³/mol. The molecule has 2 aromatic rings. The quantitative estimate of drug-likeness (QED) is 0.671.